The molecule has 3 heterocycles. The second-order valence-electron chi connectivity index (χ2n) is 5.38. The zero-order valence-corrected chi connectivity index (χ0v) is 13.6. The van der Waals surface area contributed by atoms with Crippen LogP contribution in [0.3, 0.4) is 0 Å². The van der Waals surface area contributed by atoms with Crippen molar-refractivity contribution in [3.05, 3.63) is 71.6 Å². The van der Waals surface area contributed by atoms with E-state index in [4.69, 9.17) is 16.3 Å². The number of H-pyrrole nitrogens is 1. The average molecular weight is 339 g/mol. The second kappa shape index (κ2) is 6.47. The van der Waals surface area contributed by atoms with Gasteiger partial charge < -0.3 is 9.72 Å². The van der Waals surface area contributed by atoms with Gasteiger partial charge in [-0.2, -0.15) is 0 Å². The molecular weight excluding hydrogens is 324 g/mol. The van der Waals surface area contributed by atoms with E-state index in [9.17, 15) is 0 Å². The number of hydrogen-bond donors (Lipinski definition) is 1. The van der Waals surface area contributed by atoms with Crippen molar-refractivity contribution in [3.8, 4) is 11.5 Å². The fourth-order valence-electron chi connectivity index (χ4n) is 2.66. The number of ether oxygens (including phenoxy) is 1. The van der Waals surface area contributed by atoms with Gasteiger partial charge in [0.25, 0.3) is 0 Å². The predicted octanol–water partition coefficient (Wildman–Crippen LogP) is 4.25. The second-order valence-corrected chi connectivity index (χ2v) is 5.74. The molecule has 0 saturated carbocycles. The maximum atomic E-state index is 6.20. The van der Waals surface area contributed by atoms with Crippen LogP contribution in [0.4, 0.5) is 0 Å². The van der Waals surface area contributed by atoms with Gasteiger partial charge >= 0.3 is 0 Å². The molecule has 5 nitrogen and oxygen atoms in total. The van der Waals surface area contributed by atoms with Crippen molar-refractivity contribution in [1.82, 2.24) is 19.5 Å². The monoisotopic (exact) mass is 338 g/mol. The minimum Gasteiger partial charge on any atom is -0.359 e. The van der Waals surface area contributed by atoms with Crippen LogP contribution in [-0.2, 0) is 18.1 Å². The maximum Gasteiger partial charge on any atom is 0.159 e. The maximum absolute atomic E-state index is 6.20. The van der Waals surface area contributed by atoms with E-state index in [1.807, 2.05) is 59.3 Å². The number of hydrogen-bond acceptors (Lipinski definition) is 3. The molecule has 0 saturated heterocycles. The summed E-state index contributed by atoms with van der Waals surface area (Å²) >= 11 is 6.20. The highest BCUT2D eigenvalue weighted by molar-refractivity contribution is 6.33. The highest BCUT2D eigenvalue weighted by Crippen LogP contribution is 2.27. The molecule has 0 amide bonds. The van der Waals surface area contributed by atoms with Crippen LogP contribution in [0.5, 0.6) is 0 Å². The SMILES string of the molecule is Clc1nccc2c1nc(-c1ccc[nH]1)n2COCc1ccccc1. The first-order chi connectivity index (χ1) is 11.8. The molecule has 0 fully saturated rings. The van der Waals surface area contributed by atoms with Gasteiger partial charge in [0, 0.05) is 12.4 Å². The van der Waals surface area contributed by atoms with Gasteiger partial charge in [0.2, 0.25) is 0 Å². The zero-order valence-electron chi connectivity index (χ0n) is 12.8. The van der Waals surface area contributed by atoms with E-state index in [1.165, 1.54) is 0 Å². The Bertz CT molecular complexity index is 948. The van der Waals surface area contributed by atoms with Crippen LogP contribution in [0.1, 0.15) is 5.56 Å². The van der Waals surface area contributed by atoms with Gasteiger partial charge in [-0.1, -0.05) is 41.9 Å². The summed E-state index contributed by atoms with van der Waals surface area (Å²) in [5, 5.41) is 0.391. The number of halogens is 1. The Labute approximate surface area is 143 Å². The van der Waals surface area contributed by atoms with E-state index in [-0.39, 0.29) is 0 Å². The molecule has 4 aromatic rings. The number of aromatic amines is 1. The molecule has 1 aromatic carbocycles. The largest absolute Gasteiger partial charge is 0.359 e. The van der Waals surface area contributed by atoms with Gasteiger partial charge in [-0.25, -0.2) is 9.97 Å². The smallest absolute Gasteiger partial charge is 0.159 e. The molecule has 0 aliphatic rings. The Balaban J connectivity index is 1.67. The molecule has 0 radical (unpaired) electrons. The Morgan fingerprint density at radius 3 is 2.75 bits per heavy atom. The molecule has 0 unspecified atom stereocenters. The Morgan fingerprint density at radius 1 is 1.08 bits per heavy atom. The first kappa shape index (κ1) is 14.9. The Hall–Kier alpha value is -2.63. The number of rotatable bonds is 5. The zero-order chi connectivity index (χ0) is 16.4. The third-order valence-corrected chi connectivity index (χ3v) is 4.07. The molecule has 6 heteroatoms. The number of fused-ring (bicyclic) bond motifs is 1. The van der Waals surface area contributed by atoms with Gasteiger partial charge in [-0.15, -0.1) is 0 Å². The number of imidazole rings is 1. The topological polar surface area (TPSA) is 55.7 Å². The molecule has 0 bridgehead atoms. The Morgan fingerprint density at radius 2 is 1.96 bits per heavy atom. The van der Waals surface area contributed by atoms with E-state index < -0.39 is 0 Å². The lowest BCUT2D eigenvalue weighted by Crippen LogP contribution is -2.05. The summed E-state index contributed by atoms with van der Waals surface area (Å²) in [7, 11) is 0. The number of benzene rings is 1. The van der Waals surface area contributed by atoms with E-state index in [0.29, 0.717) is 24.0 Å². The summed E-state index contributed by atoms with van der Waals surface area (Å²) in [5.41, 5.74) is 3.60. The molecule has 3 aromatic heterocycles. The molecule has 0 atom stereocenters. The molecular formula is C18H15ClN4O. The number of nitrogens with zero attached hydrogens (tertiary/aromatic N) is 3. The molecule has 120 valence electrons. The van der Waals surface area contributed by atoms with E-state index in [2.05, 4.69) is 15.0 Å². The Kier molecular flexibility index (Phi) is 4.02. The van der Waals surface area contributed by atoms with Crippen molar-refractivity contribution >= 4 is 22.6 Å². The van der Waals surface area contributed by atoms with E-state index >= 15 is 0 Å². The summed E-state index contributed by atoms with van der Waals surface area (Å²) in [6.07, 6.45) is 3.54. The quantitative estimate of drug-likeness (QED) is 0.553. The summed E-state index contributed by atoms with van der Waals surface area (Å²) in [6, 6.07) is 15.9. The van der Waals surface area contributed by atoms with Crippen LogP contribution < -0.4 is 0 Å². The lowest BCUT2D eigenvalue weighted by atomic mass is 10.2. The van der Waals surface area contributed by atoms with Crippen molar-refractivity contribution in [2.45, 2.75) is 13.3 Å². The van der Waals surface area contributed by atoms with Crippen molar-refractivity contribution in [3.63, 3.8) is 0 Å². The highest BCUT2D eigenvalue weighted by atomic mass is 35.5. The highest BCUT2D eigenvalue weighted by Gasteiger charge is 2.15. The molecule has 0 aliphatic carbocycles. The predicted molar refractivity (Wildman–Crippen MR) is 93.6 cm³/mol. The van der Waals surface area contributed by atoms with Crippen LogP contribution in [-0.4, -0.2) is 19.5 Å². The van der Waals surface area contributed by atoms with Gasteiger partial charge in [0.1, 0.15) is 12.2 Å². The molecule has 0 aliphatic heterocycles. The normalized spacial score (nSPS) is 11.2. The van der Waals surface area contributed by atoms with Crippen molar-refractivity contribution < 1.29 is 4.74 Å². The first-order valence-electron chi connectivity index (χ1n) is 7.59. The van der Waals surface area contributed by atoms with Crippen LogP contribution in [0.2, 0.25) is 5.15 Å². The fourth-order valence-corrected chi connectivity index (χ4v) is 2.85. The van der Waals surface area contributed by atoms with Gasteiger partial charge in [-0.05, 0) is 23.8 Å². The van der Waals surface area contributed by atoms with Crippen LogP contribution in [0, 0.1) is 0 Å². The minimum atomic E-state index is 0.375. The molecule has 24 heavy (non-hydrogen) atoms. The van der Waals surface area contributed by atoms with Crippen LogP contribution in [0.25, 0.3) is 22.6 Å². The van der Waals surface area contributed by atoms with E-state index in [0.717, 1.165) is 22.6 Å². The lowest BCUT2D eigenvalue weighted by molar-refractivity contribution is 0.0674. The third kappa shape index (κ3) is 2.79. The van der Waals surface area contributed by atoms with Gasteiger partial charge in [0.15, 0.2) is 11.0 Å². The van der Waals surface area contributed by atoms with Crippen molar-refractivity contribution in [1.29, 1.82) is 0 Å². The van der Waals surface area contributed by atoms with Crippen molar-refractivity contribution in [2.75, 3.05) is 0 Å². The molecule has 1 N–H and O–H groups in total. The van der Waals surface area contributed by atoms with Gasteiger partial charge in [0.05, 0.1) is 17.8 Å². The molecule has 4 rings (SSSR count). The summed E-state index contributed by atoms with van der Waals surface area (Å²) in [4.78, 5) is 11.9. The summed E-state index contributed by atoms with van der Waals surface area (Å²) < 4.78 is 7.89. The van der Waals surface area contributed by atoms with E-state index in [1.54, 1.807) is 6.20 Å². The van der Waals surface area contributed by atoms with Crippen LogP contribution in [0.15, 0.2) is 60.9 Å². The van der Waals surface area contributed by atoms with Gasteiger partial charge in [-0.3, -0.25) is 4.57 Å². The summed E-state index contributed by atoms with van der Waals surface area (Å²) in [5.74, 6) is 0.776. The minimum absolute atomic E-state index is 0.375. The summed E-state index contributed by atoms with van der Waals surface area (Å²) in [6.45, 7) is 0.906. The molecule has 0 spiro atoms. The van der Waals surface area contributed by atoms with Crippen LogP contribution >= 0.6 is 11.6 Å². The number of nitrogens with one attached hydrogen (secondary N) is 1. The number of pyridine rings is 1. The third-order valence-electron chi connectivity index (χ3n) is 3.79. The fraction of sp³-hybridized carbons (Fsp3) is 0.111. The standard InChI is InChI=1S/C18H15ClN4O/c19-17-16-15(8-10-21-17)23(18(22-16)14-7-4-9-20-14)12-24-11-13-5-2-1-3-6-13/h1-10,20H,11-12H2. The lowest BCUT2D eigenvalue weighted by Gasteiger charge is -2.09. The van der Waals surface area contributed by atoms with Crippen molar-refractivity contribution in [2.24, 2.45) is 0 Å². The average Bonchev–Trinajstić information content (AvgIpc) is 3.25. The first-order valence-corrected chi connectivity index (χ1v) is 7.97. The number of aromatic nitrogens is 4.